The van der Waals surface area contributed by atoms with E-state index >= 15 is 0 Å². The second-order valence-electron chi connectivity index (χ2n) is 5.58. The van der Waals surface area contributed by atoms with Crippen LogP contribution >= 0.6 is 0 Å². The van der Waals surface area contributed by atoms with Crippen LogP contribution in [0.5, 0.6) is 0 Å². The highest BCUT2D eigenvalue weighted by Gasteiger charge is 2.39. The van der Waals surface area contributed by atoms with Crippen LogP contribution in [0.4, 0.5) is 0 Å². The van der Waals surface area contributed by atoms with Crippen molar-refractivity contribution in [3.63, 3.8) is 0 Å². The molecule has 0 aromatic carbocycles. The van der Waals surface area contributed by atoms with Gasteiger partial charge in [-0.05, 0) is 37.8 Å². The zero-order valence-electron chi connectivity index (χ0n) is 11.8. The van der Waals surface area contributed by atoms with Crippen molar-refractivity contribution >= 4 is 6.21 Å². The average molecular weight is 274 g/mol. The smallest absolute Gasteiger partial charge is 0.169 e. The molecule has 2 fully saturated rings. The third-order valence-electron chi connectivity index (χ3n) is 3.98. The molecule has 1 aromatic rings. The van der Waals surface area contributed by atoms with Gasteiger partial charge in [-0.1, -0.05) is 6.07 Å². The Labute approximate surface area is 120 Å². The molecular weight excluding hydrogens is 252 g/mol. The topological polar surface area (TPSA) is 43.7 Å². The van der Waals surface area contributed by atoms with E-state index in [1.54, 1.807) is 6.20 Å². The van der Waals surface area contributed by atoms with Crippen molar-refractivity contribution in [2.75, 3.05) is 6.61 Å². The Kier molecular flexibility index (Phi) is 4.43. The molecule has 108 valence electrons. The normalized spacial score (nSPS) is 30.9. The van der Waals surface area contributed by atoms with Gasteiger partial charge < -0.3 is 9.47 Å². The standard InChI is InChI=1S/C16H22N2O2/c1-3-10-18-14(6-1)12-17-13-15-7-5-9-16(20-15)8-2-4-11-19-16/h1,3,6,10,13,15H,2,4-5,7-9,11-12H2/t15-,16-/m0/s1. The Balaban J connectivity index is 1.54. The number of rotatable bonds is 3. The number of hydrogen-bond acceptors (Lipinski definition) is 4. The lowest BCUT2D eigenvalue weighted by atomic mass is 9.95. The SMILES string of the molecule is C(=NCc1ccccn1)[C@@H]1CCC[C@]2(CCCCO2)O1. The molecule has 0 aliphatic carbocycles. The van der Waals surface area contributed by atoms with Gasteiger partial charge in [-0.15, -0.1) is 0 Å². The molecule has 0 amide bonds. The number of nitrogens with zero attached hydrogens (tertiary/aromatic N) is 2. The number of ether oxygens (including phenoxy) is 2. The highest BCUT2D eigenvalue weighted by molar-refractivity contribution is 5.63. The molecule has 3 heterocycles. The van der Waals surface area contributed by atoms with Crippen LogP contribution in [0.3, 0.4) is 0 Å². The lowest BCUT2D eigenvalue weighted by Gasteiger charge is -2.42. The van der Waals surface area contributed by atoms with E-state index in [0.717, 1.165) is 44.4 Å². The van der Waals surface area contributed by atoms with Crippen LogP contribution in [0.2, 0.25) is 0 Å². The van der Waals surface area contributed by atoms with Crippen LogP contribution in [0.25, 0.3) is 0 Å². The highest BCUT2D eigenvalue weighted by atomic mass is 16.7. The molecular formula is C16H22N2O2. The Hall–Kier alpha value is -1.26. The molecule has 1 spiro atoms. The number of pyridine rings is 1. The second kappa shape index (κ2) is 6.46. The van der Waals surface area contributed by atoms with Crippen LogP contribution in [-0.4, -0.2) is 29.7 Å². The molecule has 0 unspecified atom stereocenters. The van der Waals surface area contributed by atoms with Crippen molar-refractivity contribution in [2.45, 2.75) is 57.0 Å². The van der Waals surface area contributed by atoms with E-state index in [1.807, 2.05) is 24.4 Å². The van der Waals surface area contributed by atoms with Crippen molar-refractivity contribution < 1.29 is 9.47 Å². The summed E-state index contributed by atoms with van der Waals surface area (Å²) in [5.74, 6) is -0.321. The van der Waals surface area contributed by atoms with Crippen molar-refractivity contribution in [1.82, 2.24) is 4.98 Å². The predicted octanol–water partition coefficient (Wildman–Crippen LogP) is 3.12. The Morgan fingerprint density at radius 1 is 1.30 bits per heavy atom. The molecule has 2 aliphatic heterocycles. The highest BCUT2D eigenvalue weighted by Crippen LogP contribution is 2.36. The van der Waals surface area contributed by atoms with Gasteiger partial charge in [-0.25, -0.2) is 0 Å². The summed E-state index contributed by atoms with van der Waals surface area (Å²) in [4.78, 5) is 8.74. The van der Waals surface area contributed by atoms with Gasteiger partial charge in [0.2, 0.25) is 0 Å². The third kappa shape index (κ3) is 3.44. The number of hydrogen-bond donors (Lipinski definition) is 0. The average Bonchev–Trinajstić information content (AvgIpc) is 2.49. The molecule has 2 atom stereocenters. The van der Waals surface area contributed by atoms with Crippen molar-refractivity contribution in [2.24, 2.45) is 4.99 Å². The van der Waals surface area contributed by atoms with Crippen LogP contribution in [-0.2, 0) is 16.0 Å². The molecule has 4 heteroatoms. The second-order valence-corrected chi connectivity index (χ2v) is 5.58. The first-order valence-corrected chi connectivity index (χ1v) is 7.58. The quantitative estimate of drug-likeness (QED) is 0.795. The zero-order valence-corrected chi connectivity index (χ0v) is 11.8. The van der Waals surface area contributed by atoms with E-state index in [9.17, 15) is 0 Å². The third-order valence-corrected chi connectivity index (χ3v) is 3.98. The molecule has 1 aromatic heterocycles. The molecule has 20 heavy (non-hydrogen) atoms. The number of aliphatic imine (C=N–C) groups is 1. The maximum absolute atomic E-state index is 6.16. The fourth-order valence-electron chi connectivity index (χ4n) is 2.94. The number of aromatic nitrogens is 1. The minimum atomic E-state index is -0.321. The maximum atomic E-state index is 6.16. The fourth-order valence-corrected chi connectivity index (χ4v) is 2.94. The summed E-state index contributed by atoms with van der Waals surface area (Å²) in [6.07, 6.45) is 10.4. The van der Waals surface area contributed by atoms with E-state index in [-0.39, 0.29) is 11.9 Å². The van der Waals surface area contributed by atoms with Gasteiger partial charge in [-0.3, -0.25) is 9.98 Å². The molecule has 2 saturated heterocycles. The van der Waals surface area contributed by atoms with Crippen LogP contribution in [0.1, 0.15) is 44.2 Å². The largest absolute Gasteiger partial charge is 0.350 e. The summed E-state index contributed by atoms with van der Waals surface area (Å²) in [6.45, 7) is 1.45. The van der Waals surface area contributed by atoms with Crippen LogP contribution in [0, 0.1) is 0 Å². The molecule has 0 bridgehead atoms. The van der Waals surface area contributed by atoms with E-state index in [4.69, 9.17) is 9.47 Å². The molecule has 0 N–H and O–H groups in total. The van der Waals surface area contributed by atoms with Crippen LogP contribution in [0.15, 0.2) is 29.4 Å². The summed E-state index contributed by atoms with van der Waals surface area (Å²) in [5, 5.41) is 0. The van der Waals surface area contributed by atoms with Gasteiger partial charge in [0.25, 0.3) is 0 Å². The summed E-state index contributed by atoms with van der Waals surface area (Å²) >= 11 is 0. The maximum Gasteiger partial charge on any atom is 0.169 e. The van der Waals surface area contributed by atoms with Gasteiger partial charge in [0.1, 0.15) is 0 Å². The minimum absolute atomic E-state index is 0.0885. The first kappa shape index (κ1) is 13.7. The van der Waals surface area contributed by atoms with E-state index < -0.39 is 0 Å². The van der Waals surface area contributed by atoms with Gasteiger partial charge >= 0.3 is 0 Å². The Morgan fingerprint density at radius 3 is 3.05 bits per heavy atom. The molecule has 4 nitrogen and oxygen atoms in total. The summed E-state index contributed by atoms with van der Waals surface area (Å²) in [5.41, 5.74) is 0.989. The summed E-state index contributed by atoms with van der Waals surface area (Å²) in [7, 11) is 0. The van der Waals surface area contributed by atoms with Crippen molar-refractivity contribution in [3.8, 4) is 0 Å². The summed E-state index contributed by atoms with van der Waals surface area (Å²) in [6, 6.07) is 5.90. The minimum Gasteiger partial charge on any atom is -0.350 e. The molecule has 2 aliphatic rings. The van der Waals surface area contributed by atoms with Gasteiger partial charge in [0.05, 0.1) is 24.9 Å². The van der Waals surface area contributed by atoms with E-state index in [2.05, 4.69) is 9.98 Å². The Morgan fingerprint density at radius 2 is 2.25 bits per heavy atom. The lowest BCUT2D eigenvalue weighted by molar-refractivity contribution is -0.282. The van der Waals surface area contributed by atoms with E-state index in [0.29, 0.717) is 6.54 Å². The zero-order chi connectivity index (χ0) is 13.7. The lowest BCUT2D eigenvalue weighted by Crippen LogP contribution is -2.45. The van der Waals surface area contributed by atoms with E-state index in [1.165, 1.54) is 6.42 Å². The fraction of sp³-hybridized carbons (Fsp3) is 0.625. The molecule has 3 rings (SSSR count). The molecule has 0 radical (unpaired) electrons. The first-order chi connectivity index (χ1) is 9.86. The predicted molar refractivity (Wildman–Crippen MR) is 77.7 cm³/mol. The monoisotopic (exact) mass is 274 g/mol. The van der Waals surface area contributed by atoms with Gasteiger partial charge in [0, 0.05) is 25.3 Å². The summed E-state index contributed by atoms with van der Waals surface area (Å²) < 4.78 is 12.1. The van der Waals surface area contributed by atoms with Crippen molar-refractivity contribution in [3.05, 3.63) is 30.1 Å². The van der Waals surface area contributed by atoms with Crippen molar-refractivity contribution in [1.29, 1.82) is 0 Å². The van der Waals surface area contributed by atoms with Gasteiger partial charge in [-0.2, -0.15) is 0 Å². The Bertz CT molecular complexity index is 436. The van der Waals surface area contributed by atoms with Crippen LogP contribution < -0.4 is 0 Å². The molecule has 0 saturated carbocycles. The van der Waals surface area contributed by atoms with Gasteiger partial charge in [0.15, 0.2) is 5.79 Å². The first-order valence-electron chi connectivity index (χ1n) is 7.58.